The number of esters is 1. The van der Waals surface area contributed by atoms with Crippen molar-refractivity contribution < 1.29 is 14.3 Å². The van der Waals surface area contributed by atoms with Crippen LogP contribution >= 0.6 is 0 Å². The monoisotopic (exact) mass is 252 g/mol. The van der Waals surface area contributed by atoms with E-state index in [1.807, 2.05) is 6.92 Å². The van der Waals surface area contributed by atoms with Crippen LogP contribution in [-0.4, -0.2) is 49.3 Å². The van der Waals surface area contributed by atoms with Crippen molar-refractivity contribution in [2.45, 2.75) is 6.92 Å². The van der Waals surface area contributed by atoms with E-state index in [0.717, 1.165) is 0 Å². The summed E-state index contributed by atoms with van der Waals surface area (Å²) in [6.45, 7) is 2.43. The number of ether oxygens (including phenoxy) is 1. The fourth-order valence-corrected chi connectivity index (χ4v) is 1.24. The van der Waals surface area contributed by atoms with Crippen LogP contribution in [0.5, 0.6) is 0 Å². The summed E-state index contributed by atoms with van der Waals surface area (Å²) >= 11 is 0. The van der Waals surface area contributed by atoms with Crippen LogP contribution in [0.25, 0.3) is 0 Å². The van der Waals surface area contributed by atoms with Crippen LogP contribution in [-0.2, 0) is 9.53 Å². The number of anilines is 1. The molecule has 0 aliphatic rings. The van der Waals surface area contributed by atoms with Crippen LogP contribution in [0.4, 0.5) is 5.82 Å². The molecule has 0 saturated carbocycles. The molecule has 7 nitrogen and oxygen atoms in total. The molecular formula is C11H16N4O3. The van der Waals surface area contributed by atoms with E-state index < -0.39 is 0 Å². The third kappa shape index (κ3) is 3.69. The number of carbonyl (C=O) groups is 2. The van der Waals surface area contributed by atoms with E-state index >= 15 is 0 Å². The summed E-state index contributed by atoms with van der Waals surface area (Å²) < 4.78 is 4.54. The standard InChI is InChI=1S/C11H16N4O3/c1-4-12-11(17)8-5-6-9(14-13-8)15(2)7-10(16)18-3/h5-6H,4,7H2,1-3H3,(H,12,17). The van der Waals surface area contributed by atoms with Gasteiger partial charge < -0.3 is 15.0 Å². The average Bonchev–Trinajstić information content (AvgIpc) is 2.39. The first-order valence-electron chi connectivity index (χ1n) is 5.48. The molecule has 1 aromatic rings. The number of amides is 1. The summed E-state index contributed by atoms with van der Waals surface area (Å²) in [5.41, 5.74) is 0.243. The van der Waals surface area contributed by atoms with Crippen LogP contribution in [0.15, 0.2) is 12.1 Å². The van der Waals surface area contributed by atoms with Gasteiger partial charge in [0.25, 0.3) is 5.91 Å². The highest BCUT2D eigenvalue weighted by atomic mass is 16.5. The Morgan fingerprint density at radius 2 is 2.11 bits per heavy atom. The number of hydrogen-bond acceptors (Lipinski definition) is 6. The van der Waals surface area contributed by atoms with E-state index in [4.69, 9.17) is 0 Å². The van der Waals surface area contributed by atoms with E-state index in [2.05, 4.69) is 20.3 Å². The maximum absolute atomic E-state index is 11.4. The Morgan fingerprint density at radius 3 is 2.61 bits per heavy atom. The van der Waals surface area contributed by atoms with Crippen molar-refractivity contribution in [3.8, 4) is 0 Å². The normalized spacial score (nSPS) is 9.72. The van der Waals surface area contributed by atoms with Gasteiger partial charge in [-0.15, -0.1) is 10.2 Å². The predicted molar refractivity (Wildman–Crippen MR) is 65.3 cm³/mol. The molecule has 0 radical (unpaired) electrons. The van der Waals surface area contributed by atoms with Crippen molar-refractivity contribution in [1.82, 2.24) is 15.5 Å². The van der Waals surface area contributed by atoms with Gasteiger partial charge in [0.1, 0.15) is 6.54 Å². The Kier molecular flexibility index (Phi) is 5.04. The van der Waals surface area contributed by atoms with Gasteiger partial charge in [0.05, 0.1) is 7.11 Å². The molecule has 0 aliphatic heterocycles. The van der Waals surface area contributed by atoms with Crippen molar-refractivity contribution >= 4 is 17.7 Å². The molecule has 0 spiro atoms. The maximum atomic E-state index is 11.4. The Bertz CT molecular complexity index is 419. The minimum Gasteiger partial charge on any atom is -0.468 e. The van der Waals surface area contributed by atoms with Gasteiger partial charge in [0, 0.05) is 13.6 Å². The van der Waals surface area contributed by atoms with Gasteiger partial charge in [-0.25, -0.2) is 0 Å². The van der Waals surface area contributed by atoms with Crippen molar-refractivity contribution in [1.29, 1.82) is 0 Å². The van der Waals surface area contributed by atoms with Crippen LogP contribution in [0.2, 0.25) is 0 Å². The van der Waals surface area contributed by atoms with Crippen LogP contribution < -0.4 is 10.2 Å². The summed E-state index contributed by atoms with van der Waals surface area (Å²) in [4.78, 5) is 24.1. The minimum atomic E-state index is -0.368. The molecule has 1 N–H and O–H groups in total. The molecule has 0 atom stereocenters. The molecule has 7 heteroatoms. The molecule has 1 rings (SSSR count). The van der Waals surface area contributed by atoms with E-state index in [1.165, 1.54) is 7.11 Å². The topological polar surface area (TPSA) is 84.4 Å². The SMILES string of the molecule is CCNC(=O)c1ccc(N(C)CC(=O)OC)nn1. The molecule has 1 heterocycles. The van der Waals surface area contributed by atoms with Crippen molar-refractivity contribution in [3.05, 3.63) is 17.8 Å². The van der Waals surface area contributed by atoms with E-state index in [9.17, 15) is 9.59 Å². The van der Waals surface area contributed by atoms with Crippen LogP contribution in [0, 0.1) is 0 Å². The lowest BCUT2D eigenvalue weighted by atomic mass is 10.3. The molecule has 0 bridgehead atoms. The lowest BCUT2D eigenvalue weighted by molar-refractivity contribution is -0.138. The zero-order chi connectivity index (χ0) is 13.5. The van der Waals surface area contributed by atoms with Crippen molar-refractivity contribution in [2.24, 2.45) is 0 Å². The molecule has 0 aromatic carbocycles. The van der Waals surface area contributed by atoms with Gasteiger partial charge in [0.15, 0.2) is 11.5 Å². The molecule has 0 saturated heterocycles. The number of hydrogen-bond donors (Lipinski definition) is 1. The highest BCUT2D eigenvalue weighted by molar-refractivity contribution is 5.92. The zero-order valence-electron chi connectivity index (χ0n) is 10.6. The zero-order valence-corrected chi connectivity index (χ0v) is 10.6. The number of methoxy groups -OCH3 is 1. The molecule has 0 aliphatic carbocycles. The lowest BCUT2D eigenvalue weighted by Crippen LogP contribution is -2.28. The fraction of sp³-hybridized carbons (Fsp3) is 0.455. The molecule has 1 amide bonds. The highest BCUT2D eigenvalue weighted by Crippen LogP contribution is 2.07. The first-order chi connectivity index (χ1) is 8.58. The third-order valence-corrected chi connectivity index (χ3v) is 2.21. The van der Waals surface area contributed by atoms with Gasteiger partial charge >= 0.3 is 5.97 Å². The number of nitrogens with one attached hydrogen (secondary N) is 1. The highest BCUT2D eigenvalue weighted by Gasteiger charge is 2.11. The van der Waals surface area contributed by atoms with E-state index in [1.54, 1.807) is 24.1 Å². The van der Waals surface area contributed by atoms with Crippen molar-refractivity contribution in [2.75, 3.05) is 32.1 Å². The maximum Gasteiger partial charge on any atom is 0.325 e. The lowest BCUT2D eigenvalue weighted by Gasteiger charge is -2.15. The third-order valence-electron chi connectivity index (χ3n) is 2.21. The van der Waals surface area contributed by atoms with Crippen molar-refractivity contribution in [3.63, 3.8) is 0 Å². The number of aromatic nitrogens is 2. The van der Waals surface area contributed by atoms with Gasteiger partial charge in [-0.3, -0.25) is 9.59 Å². The molecule has 1 aromatic heterocycles. The fourth-order valence-electron chi connectivity index (χ4n) is 1.24. The minimum absolute atomic E-state index is 0.0751. The molecule has 0 unspecified atom stereocenters. The second kappa shape index (κ2) is 6.53. The first-order valence-corrected chi connectivity index (χ1v) is 5.48. The summed E-state index contributed by atoms with van der Waals surface area (Å²) in [5, 5.41) is 10.3. The molecule has 18 heavy (non-hydrogen) atoms. The summed E-state index contributed by atoms with van der Waals surface area (Å²) in [7, 11) is 3.01. The van der Waals surface area contributed by atoms with Gasteiger partial charge in [-0.05, 0) is 19.1 Å². The van der Waals surface area contributed by atoms with Gasteiger partial charge in [-0.2, -0.15) is 0 Å². The summed E-state index contributed by atoms with van der Waals surface area (Å²) in [6, 6.07) is 3.18. The number of likely N-dealkylation sites (N-methyl/N-ethyl adjacent to an activating group) is 1. The molecular weight excluding hydrogens is 236 g/mol. The van der Waals surface area contributed by atoms with E-state index in [-0.39, 0.29) is 24.1 Å². The van der Waals surface area contributed by atoms with Crippen LogP contribution in [0.1, 0.15) is 17.4 Å². The largest absolute Gasteiger partial charge is 0.468 e. The second-order valence-corrected chi connectivity index (χ2v) is 3.57. The Labute approximate surface area is 105 Å². The number of nitrogens with zero attached hydrogens (tertiary/aromatic N) is 3. The van der Waals surface area contributed by atoms with Gasteiger partial charge in [-0.1, -0.05) is 0 Å². The first kappa shape index (κ1) is 13.9. The van der Waals surface area contributed by atoms with E-state index in [0.29, 0.717) is 12.4 Å². The summed E-state index contributed by atoms with van der Waals surface area (Å²) in [6.07, 6.45) is 0. The molecule has 98 valence electrons. The Morgan fingerprint density at radius 1 is 1.39 bits per heavy atom. The number of carbonyl (C=O) groups excluding carboxylic acids is 2. The number of rotatable bonds is 5. The quantitative estimate of drug-likeness (QED) is 0.733. The predicted octanol–water partition coefficient (Wildman–Crippen LogP) is -0.164. The Hall–Kier alpha value is -2.18. The van der Waals surface area contributed by atoms with Crippen LogP contribution in [0.3, 0.4) is 0 Å². The average molecular weight is 252 g/mol. The summed E-state index contributed by atoms with van der Waals surface area (Å²) in [5.74, 6) is -0.146. The Balaban J connectivity index is 2.70. The second-order valence-electron chi connectivity index (χ2n) is 3.57. The molecule has 0 fully saturated rings. The van der Waals surface area contributed by atoms with Gasteiger partial charge in [0.2, 0.25) is 0 Å². The smallest absolute Gasteiger partial charge is 0.325 e.